The Labute approximate surface area is 244 Å². The number of sulfonamides is 1. The standard InChI is InChI=1S/C30H31N5O6S/c1-33-9-8-22-23(15-24-28(25(22)17-33)31-30(36)29(24)32-37)20-3-5-21(6-4-20)42(38,39)35-12-10-34(11-13-35)16-19-2-7-26-27(14-19)41-18-40-26/h2-7,14-15,29H,8-13,16-18H2,1H3,(H,31,36). The van der Waals surface area contributed by atoms with Gasteiger partial charge in [-0.1, -0.05) is 23.4 Å². The molecule has 1 fully saturated rings. The summed E-state index contributed by atoms with van der Waals surface area (Å²) in [5.41, 5.74) is 6.21. The van der Waals surface area contributed by atoms with Gasteiger partial charge in [-0.05, 0) is 71.6 Å². The maximum atomic E-state index is 13.5. The Hall–Kier alpha value is -3.84. The normalized spacial score (nSPS) is 20.7. The molecule has 0 bridgehead atoms. The summed E-state index contributed by atoms with van der Waals surface area (Å²) < 4.78 is 39.5. The fourth-order valence-corrected chi connectivity index (χ4v) is 7.78. The number of hydrogen-bond donors (Lipinski definition) is 1. The molecule has 0 aliphatic carbocycles. The summed E-state index contributed by atoms with van der Waals surface area (Å²) in [7, 11) is -1.65. The molecule has 0 spiro atoms. The van der Waals surface area contributed by atoms with Gasteiger partial charge in [-0.2, -0.15) is 4.31 Å². The fourth-order valence-electron chi connectivity index (χ4n) is 6.35. The van der Waals surface area contributed by atoms with Crippen molar-refractivity contribution in [3.05, 3.63) is 75.7 Å². The van der Waals surface area contributed by atoms with E-state index >= 15 is 0 Å². The van der Waals surface area contributed by atoms with E-state index in [1.54, 1.807) is 16.4 Å². The molecule has 1 saturated heterocycles. The number of carbonyl (C=O) groups is 1. The van der Waals surface area contributed by atoms with Crippen LogP contribution in [0.5, 0.6) is 11.5 Å². The highest BCUT2D eigenvalue weighted by Crippen LogP contribution is 2.44. The summed E-state index contributed by atoms with van der Waals surface area (Å²) in [6.45, 7) is 4.50. The summed E-state index contributed by atoms with van der Waals surface area (Å²) in [6.07, 6.45) is 0.778. The van der Waals surface area contributed by atoms with Gasteiger partial charge in [0, 0.05) is 51.4 Å². The SMILES string of the molecule is CN1CCc2c(-c3ccc(S(=O)(=O)N4CCN(Cc5ccc6c(c5)OCO6)CC4)cc3)cc3c(c2C1)NC(=O)C3N=O. The van der Waals surface area contributed by atoms with E-state index in [4.69, 9.17) is 9.47 Å². The molecule has 0 radical (unpaired) electrons. The van der Waals surface area contributed by atoms with Crippen LogP contribution in [0, 0.1) is 4.91 Å². The largest absolute Gasteiger partial charge is 0.454 e. The topological polar surface area (TPSA) is 121 Å². The van der Waals surface area contributed by atoms with Crippen molar-refractivity contribution in [2.24, 2.45) is 5.18 Å². The lowest BCUT2D eigenvalue weighted by Crippen LogP contribution is -2.48. The predicted octanol–water partition coefficient (Wildman–Crippen LogP) is 3.34. The van der Waals surface area contributed by atoms with Gasteiger partial charge in [-0.15, -0.1) is 4.91 Å². The second-order valence-electron chi connectivity index (χ2n) is 11.2. The summed E-state index contributed by atoms with van der Waals surface area (Å²) in [6, 6.07) is 13.6. The number of amides is 1. The summed E-state index contributed by atoms with van der Waals surface area (Å²) in [4.78, 5) is 28.6. The summed E-state index contributed by atoms with van der Waals surface area (Å²) >= 11 is 0. The van der Waals surface area contributed by atoms with Crippen molar-refractivity contribution in [1.29, 1.82) is 0 Å². The minimum absolute atomic E-state index is 0.236. The Morgan fingerprint density at radius 1 is 0.952 bits per heavy atom. The third-order valence-corrected chi connectivity index (χ3v) is 10.5. The molecule has 3 aromatic rings. The molecular weight excluding hydrogens is 558 g/mol. The van der Waals surface area contributed by atoms with E-state index in [0.717, 1.165) is 52.3 Å². The summed E-state index contributed by atoms with van der Waals surface area (Å²) in [5, 5.41) is 5.94. The molecular formula is C30H31N5O6S. The number of likely N-dealkylation sites (N-methyl/N-ethyl adjacent to an activating group) is 1. The Bertz CT molecular complexity index is 1690. The van der Waals surface area contributed by atoms with E-state index in [0.29, 0.717) is 50.5 Å². The number of anilines is 1. The predicted molar refractivity (Wildman–Crippen MR) is 156 cm³/mol. The molecule has 0 saturated carbocycles. The second kappa shape index (κ2) is 10.5. The first kappa shape index (κ1) is 27.0. The zero-order valence-corrected chi connectivity index (χ0v) is 24.0. The van der Waals surface area contributed by atoms with Crippen LogP contribution in [-0.2, 0) is 34.3 Å². The van der Waals surface area contributed by atoms with Gasteiger partial charge >= 0.3 is 0 Å². The number of carbonyl (C=O) groups excluding carboxylic acids is 1. The van der Waals surface area contributed by atoms with Crippen LogP contribution in [0.25, 0.3) is 11.1 Å². The van der Waals surface area contributed by atoms with Crippen molar-refractivity contribution in [1.82, 2.24) is 14.1 Å². The van der Waals surface area contributed by atoms with Crippen molar-refractivity contribution < 1.29 is 22.7 Å². The van der Waals surface area contributed by atoms with Crippen molar-refractivity contribution >= 4 is 21.6 Å². The number of piperazine rings is 1. The van der Waals surface area contributed by atoms with Gasteiger partial charge < -0.3 is 19.7 Å². The number of benzene rings is 3. The van der Waals surface area contributed by atoms with E-state index < -0.39 is 22.0 Å². The molecule has 7 rings (SSSR count). The maximum absolute atomic E-state index is 13.5. The average molecular weight is 590 g/mol. The monoisotopic (exact) mass is 589 g/mol. The molecule has 1 atom stereocenters. The Kier molecular flexibility index (Phi) is 6.73. The summed E-state index contributed by atoms with van der Waals surface area (Å²) in [5.74, 6) is 1.08. The molecule has 218 valence electrons. The van der Waals surface area contributed by atoms with Crippen molar-refractivity contribution in [2.45, 2.75) is 30.4 Å². The van der Waals surface area contributed by atoms with E-state index in [9.17, 15) is 18.1 Å². The van der Waals surface area contributed by atoms with Crippen LogP contribution in [0.3, 0.4) is 0 Å². The third kappa shape index (κ3) is 4.64. The Balaban J connectivity index is 1.09. The lowest BCUT2D eigenvalue weighted by atomic mass is 9.87. The van der Waals surface area contributed by atoms with Crippen molar-refractivity contribution in [3.63, 3.8) is 0 Å². The molecule has 4 aliphatic heterocycles. The smallest absolute Gasteiger partial charge is 0.257 e. The molecule has 1 N–H and O–H groups in total. The molecule has 1 amide bonds. The van der Waals surface area contributed by atoms with E-state index in [-0.39, 0.29) is 11.7 Å². The second-order valence-corrected chi connectivity index (χ2v) is 13.2. The molecule has 1 unspecified atom stereocenters. The van der Waals surface area contributed by atoms with Crippen LogP contribution in [0.15, 0.2) is 58.6 Å². The van der Waals surface area contributed by atoms with Gasteiger partial charge in [-0.25, -0.2) is 8.42 Å². The van der Waals surface area contributed by atoms with Crippen molar-refractivity contribution in [3.8, 4) is 22.6 Å². The number of hydrogen-bond acceptors (Lipinski definition) is 9. The molecule has 0 aromatic heterocycles. The Morgan fingerprint density at radius 2 is 1.71 bits per heavy atom. The van der Waals surface area contributed by atoms with Gasteiger partial charge in [-0.3, -0.25) is 9.69 Å². The van der Waals surface area contributed by atoms with E-state index in [1.807, 2.05) is 43.4 Å². The van der Waals surface area contributed by atoms with Crippen LogP contribution >= 0.6 is 0 Å². The lowest BCUT2D eigenvalue weighted by molar-refractivity contribution is -0.116. The van der Waals surface area contributed by atoms with Gasteiger partial charge in [0.1, 0.15) is 0 Å². The molecule has 4 heterocycles. The van der Waals surface area contributed by atoms with Crippen LogP contribution in [0.2, 0.25) is 0 Å². The number of nitrogens with zero attached hydrogens (tertiary/aromatic N) is 4. The molecule has 12 heteroatoms. The molecule has 11 nitrogen and oxygen atoms in total. The van der Waals surface area contributed by atoms with Gasteiger partial charge in [0.2, 0.25) is 16.8 Å². The molecule has 3 aromatic carbocycles. The van der Waals surface area contributed by atoms with Crippen LogP contribution in [-0.4, -0.2) is 75.0 Å². The number of fused-ring (bicyclic) bond motifs is 4. The first-order valence-electron chi connectivity index (χ1n) is 14.0. The van der Waals surface area contributed by atoms with Gasteiger partial charge in [0.15, 0.2) is 17.5 Å². The molecule has 42 heavy (non-hydrogen) atoms. The first-order valence-corrected chi connectivity index (χ1v) is 15.5. The average Bonchev–Trinajstić information content (AvgIpc) is 3.60. The maximum Gasteiger partial charge on any atom is 0.257 e. The van der Waals surface area contributed by atoms with Gasteiger partial charge in [0.25, 0.3) is 5.91 Å². The molecule has 4 aliphatic rings. The minimum Gasteiger partial charge on any atom is -0.454 e. The third-order valence-electron chi connectivity index (χ3n) is 8.63. The quantitative estimate of drug-likeness (QED) is 0.435. The lowest BCUT2D eigenvalue weighted by Gasteiger charge is -2.34. The fraction of sp³-hybridized carbons (Fsp3) is 0.367. The van der Waals surface area contributed by atoms with Gasteiger partial charge in [0.05, 0.1) is 10.6 Å². The highest BCUT2D eigenvalue weighted by Gasteiger charge is 2.37. The van der Waals surface area contributed by atoms with Crippen LogP contribution < -0.4 is 14.8 Å². The zero-order valence-electron chi connectivity index (χ0n) is 23.2. The highest BCUT2D eigenvalue weighted by molar-refractivity contribution is 7.89. The first-order chi connectivity index (χ1) is 20.3. The highest BCUT2D eigenvalue weighted by atomic mass is 32.2. The number of rotatable bonds is 6. The zero-order chi connectivity index (χ0) is 29.0. The van der Waals surface area contributed by atoms with Crippen molar-refractivity contribution in [2.75, 3.05) is 51.9 Å². The number of nitrogens with one attached hydrogen (secondary N) is 1. The van der Waals surface area contributed by atoms with Crippen LogP contribution in [0.4, 0.5) is 5.69 Å². The number of ether oxygens (including phenoxy) is 2. The van der Waals surface area contributed by atoms with E-state index in [1.165, 1.54) is 0 Å². The Morgan fingerprint density at radius 3 is 2.48 bits per heavy atom. The van der Waals surface area contributed by atoms with Crippen LogP contribution in [0.1, 0.15) is 28.3 Å². The minimum atomic E-state index is -3.67. The number of nitroso groups, excluding NO2 is 1. The van der Waals surface area contributed by atoms with E-state index in [2.05, 4.69) is 20.3 Å².